The smallest absolute Gasteiger partial charge is 0.190 e. The molecule has 0 unspecified atom stereocenters. The lowest BCUT2D eigenvalue weighted by Gasteiger charge is -2.11. The van der Waals surface area contributed by atoms with Crippen LogP contribution in [0.15, 0.2) is 24.3 Å². The lowest BCUT2D eigenvalue weighted by Crippen LogP contribution is -2.20. The molecule has 0 aromatic heterocycles. The summed E-state index contributed by atoms with van der Waals surface area (Å²) in [4.78, 5) is 2.09. The van der Waals surface area contributed by atoms with E-state index in [9.17, 15) is 0 Å². The molecule has 14 heavy (non-hydrogen) atoms. The maximum Gasteiger partial charge on any atom is 0.190 e. The van der Waals surface area contributed by atoms with Crippen molar-refractivity contribution in [1.82, 2.24) is 4.90 Å². The highest BCUT2D eigenvalue weighted by Crippen LogP contribution is 2.11. The summed E-state index contributed by atoms with van der Waals surface area (Å²) in [6.45, 7) is 0.882. The Hall–Kier alpha value is -1.55. The Morgan fingerprint density at radius 2 is 2.21 bits per heavy atom. The van der Waals surface area contributed by atoms with Crippen molar-refractivity contribution in [3.05, 3.63) is 29.8 Å². The van der Waals surface area contributed by atoms with Gasteiger partial charge in [0.15, 0.2) is 5.96 Å². The largest absolute Gasteiger partial charge is 0.370 e. The van der Waals surface area contributed by atoms with Crippen molar-refractivity contribution in [2.75, 3.05) is 19.4 Å². The molecule has 0 aliphatic heterocycles. The van der Waals surface area contributed by atoms with Crippen LogP contribution in [0.5, 0.6) is 0 Å². The molecule has 1 aromatic carbocycles. The van der Waals surface area contributed by atoms with Gasteiger partial charge in [0.1, 0.15) is 0 Å². The Kier molecular flexibility index (Phi) is 3.48. The molecule has 1 aromatic rings. The Labute approximate surface area is 84.2 Å². The molecule has 0 radical (unpaired) electrons. The summed E-state index contributed by atoms with van der Waals surface area (Å²) in [5.41, 5.74) is 7.29. The van der Waals surface area contributed by atoms with Gasteiger partial charge < -0.3 is 16.0 Å². The highest BCUT2D eigenvalue weighted by Gasteiger charge is 1.97. The van der Waals surface area contributed by atoms with Gasteiger partial charge in [-0.1, -0.05) is 12.1 Å². The molecular weight excluding hydrogens is 176 g/mol. The number of guanidine groups is 1. The van der Waals surface area contributed by atoms with Gasteiger partial charge in [-0.3, -0.25) is 5.41 Å². The third-order valence-corrected chi connectivity index (χ3v) is 1.70. The predicted octanol–water partition coefficient (Wildman–Crippen LogP) is 1.05. The zero-order chi connectivity index (χ0) is 10.6. The molecule has 0 fully saturated rings. The molecule has 0 atom stereocenters. The van der Waals surface area contributed by atoms with Crippen LogP contribution >= 0.6 is 0 Å². The molecule has 4 nitrogen and oxygen atoms in total. The molecule has 0 aliphatic carbocycles. The fourth-order valence-corrected chi connectivity index (χ4v) is 1.27. The van der Waals surface area contributed by atoms with Gasteiger partial charge in [0, 0.05) is 12.2 Å². The number of nitrogens with one attached hydrogen (secondary N) is 2. The van der Waals surface area contributed by atoms with Crippen molar-refractivity contribution in [3.8, 4) is 0 Å². The molecule has 0 aliphatic rings. The summed E-state index contributed by atoms with van der Waals surface area (Å²) in [5, 5.41) is 9.86. The lowest BCUT2D eigenvalue weighted by atomic mass is 10.2. The van der Waals surface area contributed by atoms with Crippen LogP contribution in [0.2, 0.25) is 0 Å². The zero-order valence-corrected chi connectivity index (χ0v) is 8.54. The van der Waals surface area contributed by atoms with Crippen molar-refractivity contribution < 1.29 is 0 Å². The Morgan fingerprint density at radius 3 is 2.79 bits per heavy atom. The van der Waals surface area contributed by atoms with Gasteiger partial charge in [-0.2, -0.15) is 0 Å². The third kappa shape index (κ3) is 3.45. The van der Waals surface area contributed by atoms with Crippen molar-refractivity contribution in [1.29, 1.82) is 5.41 Å². The number of hydrogen-bond acceptors (Lipinski definition) is 2. The van der Waals surface area contributed by atoms with E-state index in [1.165, 1.54) is 5.56 Å². The van der Waals surface area contributed by atoms with Crippen LogP contribution in [-0.4, -0.2) is 25.0 Å². The van der Waals surface area contributed by atoms with Crippen LogP contribution in [-0.2, 0) is 6.54 Å². The average Bonchev–Trinajstić information content (AvgIpc) is 2.01. The first kappa shape index (κ1) is 10.5. The quantitative estimate of drug-likeness (QED) is 0.495. The minimum absolute atomic E-state index is 0.0352. The van der Waals surface area contributed by atoms with Crippen molar-refractivity contribution in [3.63, 3.8) is 0 Å². The van der Waals surface area contributed by atoms with Gasteiger partial charge in [0.25, 0.3) is 0 Å². The molecule has 76 valence electrons. The predicted molar refractivity (Wildman–Crippen MR) is 59.4 cm³/mol. The van der Waals surface area contributed by atoms with Gasteiger partial charge >= 0.3 is 0 Å². The van der Waals surface area contributed by atoms with Crippen LogP contribution in [0, 0.1) is 5.41 Å². The number of rotatable bonds is 3. The minimum atomic E-state index is -0.0352. The number of nitrogens with two attached hydrogens (primary N) is 1. The van der Waals surface area contributed by atoms with E-state index in [1.807, 2.05) is 38.4 Å². The Morgan fingerprint density at radius 1 is 1.50 bits per heavy atom. The van der Waals surface area contributed by atoms with E-state index < -0.39 is 0 Å². The standard InChI is InChI=1S/C10H16N4/c1-14(2)7-8-4-3-5-9(6-8)13-10(11)12/h3-6H,7H2,1-2H3,(H4,11,12,13). The highest BCUT2D eigenvalue weighted by molar-refractivity contribution is 5.89. The number of anilines is 1. The van der Waals surface area contributed by atoms with Gasteiger partial charge in [-0.25, -0.2) is 0 Å². The van der Waals surface area contributed by atoms with E-state index in [-0.39, 0.29) is 5.96 Å². The van der Waals surface area contributed by atoms with E-state index in [0.717, 1.165) is 12.2 Å². The first-order chi connectivity index (χ1) is 6.58. The first-order valence-electron chi connectivity index (χ1n) is 4.42. The van der Waals surface area contributed by atoms with Crippen molar-refractivity contribution in [2.45, 2.75) is 6.54 Å². The summed E-state index contributed by atoms with van der Waals surface area (Å²) in [6.07, 6.45) is 0. The summed E-state index contributed by atoms with van der Waals surface area (Å²) >= 11 is 0. The zero-order valence-electron chi connectivity index (χ0n) is 8.54. The maximum absolute atomic E-state index is 7.10. The van der Waals surface area contributed by atoms with Gasteiger partial charge in [0.2, 0.25) is 0 Å². The van der Waals surface area contributed by atoms with Crippen molar-refractivity contribution in [2.24, 2.45) is 5.73 Å². The molecule has 0 heterocycles. The number of nitrogens with zero attached hydrogens (tertiary/aromatic N) is 1. The second-order valence-electron chi connectivity index (χ2n) is 3.48. The molecule has 0 amide bonds. The van der Waals surface area contributed by atoms with Crippen LogP contribution in [0.1, 0.15) is 5.56 Å². The first-order valence-corrected chi connectivity index (χ1v) is 4.42. The Bertz CT molecular complexity index is 320. The van der Waals surface area contributed by atoms with Crippen LogP contribution in [0.25, 0.3) is 0 Å². The SMILES string of the molecule is CN(C)Cc1cccc(NC(=N)N)c1. The summed E-state index contributed by atoms with van der Waals surface area (Å²) in [7, 11) is 4.04. The fraction of sp³-hybridized carbons (Fsp3) is 0.300. The van der Waals surface area contributed by atoms with Gasteiger partial charge in [-0.05, 0) is 31.8 Å². The summed E-state index contributed by atoms with van der Waals surface area (Å²) in [6, 6.07) is 7.87. The summed E-state index contributed by atoms with van der Waals surface area (Å²) in [5.74, 6) is -0.0352. The summed E-state index contributed by atoms with van der Waals surface area (Å²) < 4.78 is 0. The molecule has 0 spiro atoms. The van der Waals surface area contributed by atoms with E-state index in [2.05, 4.69) is 10.2 Å². The van der Waals surface area contributed by atoms with E-state index in [1.54, 1.807) is 0 Å². The molecule has 0 bridgehead atoms. The van der Waals surface area contributed by atoms with Crippen LogP contribution in [0.3, 0.4) is 0 Å². The normalized spacial score (nSPS) is 10.2. The van der Waals surface area contributed by atoms with E-state index in [4.69, 9.17) is 11.1 Å². The van der Waals surface area contributed by atoms with Gasteiger partial charge in [0.05, 0.1) is 0 Å². The van der Waals surface area contributed by atoms with Crippen molar-refractivity contribution >= 4 is 11.6 Å². The monoisotopic (exact) mass is 192 g/mol. The Balaban J connectivity index is 2.73. The van der Waals surface area contributed by atoms with Crippen LogP contribution in [0.4, 0.5) is 5.69 Å². The second-order valence-corrected chi connectivity index (χ2v) is 3.48. The van der Waals surface area contributed by atoms with E-state index >= 15 is 0 Å². The third-order valence-electron chi connectivity index (χ3n) is 1.70. The maximum atomic E-state index is 7.10. The molecule has 4 heteroatoms. The number of hydrogen-bond donors (Lipinski definition) is 3. The number of benzene rings is 1. The fourth-order valence-electron chi connectivity index (χ4n) is 1.27. The average molecular weight is 192 g/mol. The van der Waals surface area contributed by atoms with Crippen LogP contribution < -0.4 is 11.1 Å². The van der Waals surface area contributed by atoms with Gasteiger partial charge in [-0.15, -0.1) is 0 Å². The lowest BCUT2D eigenvalue weighted by molar-refractivity contribution is 0.402. The molecular formula is C10H16N4. The van der Waals surface area contributed by atoms with E-state index in [0.29, 0.717) is 0 Å². The molecule has 4 N–H and O–H groups in total. The minimum Gasteiger partial charge on any atom is -0.370 e. The topological polar surface area (TPSA) is 65.1 Å². The molecule has 0 saturated carbocycles. The molecule has 0 saturated heterocycles. The highest BCUT2D eigenvalue weighted by atomic mass is 15.1. The molecule has 1 rings (SSSR count). The second kappa shape index (κ2) is 4.62.